The van der Waals surface area contributed by atoms with E-state index in [-0.39, 0.29) is 11.9 Å². The van der Waals surface area contributed by atoms with Crippen molar-refractivity contribution in [3.63, 3.8) is 0 Å². The van der Waals surface area contributed by atoms with E-state index >= 15 is 0 Å². The molecule has 16 heavy (non-hydrogen) atoms. The first-order chi connectivity index (χ1) is 7.56. The Morgan fingerprint density at radius 3 is 2.50 bits per heavy atom. The molecule has 1 aromatic rings. The number of rotatable bonds is 5. The van der Waals surface area contributed by atoms with E-state index in [4.69, 9.17) is 0 Å². The average Bonchev–Trinajstić information content (AvgIpc) is 2.28. The summed E-state index contributed by atoms with van der Waals surface area (Å²) in [6, 6.07) is 7.46. The van der Waals surface area contributed by atoms with E-state index in [1.54, 1.807) is 6.07 Å². The highest BCUT2D eigenvalue weighted by Gasteiger charge is 2.16. The van der Waals surface area contributed by atoms with Gasteiger partial charge in [0.25, 0.3) is 0 Å². The number of hydrogen-bond acceptors (Lipinski definition) is 2. The van der Waals surface area contributed by atoms with Crippen molar-refractivity contribution in [3.8, 4) is 0 Å². The van der Waals surface area contributed by atoms with E-state index in [1.807, 2.05) is 33.2 Å². The zero-order valence-electron chi connectivity index (χ0n) is 10.5. The smallest absolute Gasteiger partial charge is 0.127 e. The second-order valence-electron chi connectivity index (χ2n) is 4.33. The molecule has 0 spiro atoms. The molecule has 0 saturated carbocycles. The summed E-state index contributed by atoms with van der Waals surface area (Å²) in [5.41, 5.74) is 0.758. The summed E-state index contributed by atoms with van der Waals surface area (Å²) >= 11 is 0. The molecule has 3 heteroatoms. The fourth-order valence-electron chi connectivity index (χ4n) is 1.73. The highest BCUT2D eigenvalue weighted by atomic mass is 19.1. The van der Waals surface area contributed by atoms with Crippen LogP contribution in [0.2, 0.25) is 0 Å². The van der Waals surface area contributed by atoms with Crippen molar-refractivity contribution in [2.75, 3.05) is 20.6 Å². The normalized spacial score (nSPS) is 15.1. The number of benzene rings is 1. The predicted octanol–water partition coefficient (Wildman–Crippen LogP) is 2.43. The van der Waals surface area contributed by atoms with Gasteiger partial charge in [0, 0.05) is 24.2 Å². The van der Waals surface area contributed by atoms with E-state index in [2.05, 4.69) is 17.1 Å². The number of halogens is 1. The summed E-state index contributed by atoms with van der Waals surface area (Å²) < 4.78 is 13.6. The predicted molar refractivity (Wildman–Crippen MR) is 66.0 cm³/mol. The highest BCUT2D eigenvalue weighted by molar-refractivity contribution is 5.20. The van der Waals surface area contributed by atoms with Gasteiger partial charge in [-0.3, -0.25) is 4.90 Å². The Labute approximate surface area is 97.5 Å². The van der Waals surface area contributed by atoms with Gasteiger partial charge in [0.15, 0.2) is 0 Å². The summed E-state index contributed by atoms with van der Waals surface area (Å²) in [4.78, 5) is 2.15. The largest absolute Gasteiger partial charge is 0.316 e. The summed E-state index contributed by atoms with van der Waals surface area (Å²) in [5, 5.41) is 3.18. The van der Waals surface area contributed by atoms with Gasteiger partial charge in [-0.1, -0.05) is 18.2 Å². The van der Waals surface area contributed by atoms with Gasteiger partial charge in [-0.05, 0) is 34.0 Å². The molecule has 0 aromatic heterocycles. The molecule has 0 bridgehead atoms. The lowest BCUT2D eigenvalue weighted by Crippen LogP contribution is -2.36. The van der Waals surface area contributed by atoms with E-state index < -0.39 is 0 Å². The van der Waals surface area contributed by atoms with Crippen LogP contribution >= 0.6 is 0 Å². The molecule has 2 unspecified atom stereocenters. The number of nitrogens with one attached hydrogen (secondary N) is 1. The second-order valence-corrected chi connectivity index (χ2v) is 4.33. The van der Waals surface area contributed by atoms with Gasteiger partial charge in [-0.25, -0.2) is 4.39 Å². The molecule has 1 N–H and O–H groups in total. The SMILES string of the molecule is CNC(C)CN(C)C(C)c1ccccc1F. The van der Waals surface area contributed by atoms with Gasteiger partial charge in [0.2, 0.25) is 0 Å². The summed E-state index contributed by atoms with van der Waals surface area (Å²) in [7, 11) is 3.96. The highest BCUT2D eigenvalue weighted by Crippen LogP contribution is 2.21. The second kappa shape index (κ2) is 5.97. The minimum absolute atomic E-state index is 0.0944. The molecule has 0 aliphatic carbocycles. The number of likely N-dealkylation sites (N-methyl/N-ethyl adjacent to an activating group) is 2. The Balaban J connectivity index is 2.70. The lowest BCUT2D eigenvalue weighted by molar-refractivity contribution is 0.235. The van der Waals surface area contributed by atoms with Crippen molar-refractivity contribution in [1.82, 2.24) is 10.2 Å². The van der Waals surface area contributed by atoms with E-state index in [0.717, 1.165) is 12.1 Å². The van der Waals surface area contributed by atoms with Crippen molar-refractivity contribution in [2.24, 2.45) is 0 Å². The molecular weight excluding hydrogens is 203 g/mol. The molecular formula is C13H21FN2. The number of nitrogens with zero attached hydrogens (tertiary/aromatic N) is 1. The van der Waals surface area contributed by atoms with E-state index in [9.17, 15) is 4.39 Å². The Morgan fingerprint density at radius 2 is 1.94 bits per heavy atom. The fourth-order valence-corrected chi connectivity index (χ4v) is 1.73. The maximum Gasteiger partial charge on any atom is 0.127 e. The third-order valence-electron chi connectivity index (χ3n) is 3.07. The molecule has 0 aliphatic heterocycles. The van der Waals surface area contributed by atoms with Gasteiger partial charge in [-0.2, -0.15) is 0 Å². The standard InChI is InChI=1S/C13H21FN2/c1-10(15-3)9-16(4)11(2)12-7-5-6-8-13(12)14/h5-8,10-11,15H,9H2,1-4H3. The quantitative estimate of drug-likeness (QED) is 0.826. The van der Waals surface area contributed by atoms with Gasteiger partial charge < -0.3 is 5.32 Å². The van der Waals surface area contributed by atoms with E-state index in [0.29, 0.717) is 6.04 Å². The average molecular weight is 224 g/mol. The Bertz CT molecular complexity index is 327. The Hall–Kier alpha value is -0.930. The Kier molecular flexibility index (Phi) is 4.90. The van der Waals surface area contributed by atoms with Gasteiger partial charge >= 0.3 is 0 Å². The summed E-state index contributed by atoms with van der Waals surface area (Å²) in [6.45, 7) is 5.04. The van der Waals surface area contributed by atoms with E-state index in [1.165, 1.54) is 6.07 Å². The minimum Gasteiger partial charge on any atom is -0.316 e. The van der Waals surface area contributed by atoms with Crippen LogP contribution in [0.3, 0.4) is 0 Å². The minimum atomic E-state index is -0.126. The third kappa shape index (κ3) is 3.29. The van der Waals surface area contributed by atoms with Crippen molar-refractivity contribution in [3.05, 3.63) is 35.6 Å². The fraction of sp³-hybridized carbons (Fsp3) is 0.538. The molecule has 0 heterocycles. The molecule has 1 rings (SSSR count). The lowest BCUT2D eigenvalue weighted by atomic mass is 10.1. The molecule has 0 radical (unpaired) electrons. The molecule has 2 atom stereocenters. The zero-order chi connectivity index (χ0) is 12.1. The molecule has 90 valence electrons. The molecule has 1 aromatic carbocycles. The van der Waals surface area contributed by atoms with Crippen LogP contribution in [-0.2, 0) is 0 Å². The Morgan fingerprint density at radius 1 is 1.31 bits per heavy atom. The molecule has 0 amide bonds. The summed E-state index contributed by atoms with van der Waals surface area (Å²) in [6.07, 6.45) is 0. The first-order valence-electron chi connectivity index (χ1n) is 5.68. The van der Waals surface area contributed by atoms with Gasteiger partial charge in [0.1, 0.15) is 5.82 Å². The van der Waals surface area contributed by atoms with Crippen LogP contribution in [0.1, 0.15) is 25.5 Å². The molecule has 0 aliphatic rings. The van der Waals surface area contributed by atoms with Crippen LogP contribution < -0.4 is 5.32 Å². The maximum atomic E-state index is 13.6. The van der Waals surface area contributed by atoms with Crippen LogP contribution in [-0.4, -0.2) is 31.6 Å². The maximum absolute atomic E-state index is 13.6. The summed E-state index contributed by atoms with van der Waals surface area (Å²) in [5.74, 6) is -0.126. The van der Waals surface area contributed by atoms with Crippen LogP contribution in [0.5, 0.6) is 0 Å². The lowest BCUT2D eigenvalue weighted by Gasteiger charge is -2.28. The van der Waals surface area contributed by atoms with Crippen molar-refractivity contribution < 1.29 is 4.39 Å². The van der Waals surface area contributed by atoms with Crippen molar-refractivity contribution in [2.45, 2.75) is 25.9 Å². The van der Waals surface area contributed by atoms with Crippen LogP contribution in [0.25, 0.3) is 0 Å². The van der Waals surface area contributed by atoms with Crippen molar-refractivity contribution in [1.29, 1.82) is 0 Å². The van der Waals surface area contributed by atoms with Crippen LogP contribution in [0.4, 0.5) is 4.39 Å². The first-order valence-corrected chi connectivity index (χ1v) is 5.68. The third-order valence-corrected chi connectivity index (χ3v) is 3.07. The number of hydrogen-bond donors (Lipinski definition) is 1. The zero-order valence-corrected chi connectivity index (χ0v) is 10.5. The van der Waals surface area contributed by atoms with Crippen molar-refractivity contribution >= 4 is 0 Å². The molecule has 2 nitrogen and oxygen atoms in total. The first kappa shape index (κ1) is 13.1. The van der Waals surface area contributed by atoms with Crippen LogP contribution in [0, 0.1) is 5.82 Å². The van der Waals surface area contributed by atoms with Gasteiger partial charge in [0.05, 0.1) is 0 Å². The van der Waals surface area contributed by atoms with Gasteiger partial charge in [-0.15, -0.1) is 0 Å². The molecule has 0 fully saturated rings. The van der Waals surface area contributed by atoms with Crippen LogP contribution in [0.15, 0.2) is 24.3 Å². The molecule has 0 saturated heterocycles. The monoisotopic (exact) mass is 224 g/mol. The topological polar surface area (TPSA) is 15.3 Å².